The van der Waals surface area contributed by atoms with Crippen LogP contribution in [0.2, 0.25) is 0 Å². The van der Waals surface area contributed by atoms with Gasteiger partial charge in [0.05, 0.1) is 37.3 Å². The molecule has 0 radical (unpaired) electrons. The van der Waals surface area contributed by atoms with Gasteiger partial charge in [-0.25, -0.2) is 13.4 Å². The number of carbonyl (C=O) groups is 2. The second-order valence-corrected chi connectivity index (χ2v) is 10.3. The average Bonchev–Trinajstić information content (AvgIpc) is 3.41. The van der Waals surface area contributed by atoms with Gasteiger partial charge >= 0.3 is 0 Å². The number of amides is 2. The molecule has 3 heterocycles. The minimum Gasteiger partial charge on any atom is -0.375 e. The molecule has 2 aromatic heterocycles. The van der Waals surface area contributed by atoms with Crippen molar-refractivity contribution in [2.24, 2.45) is 0 Å². The maximum absolute atomic E-state index is 12.3. The maximum Gasteiger partial charge on any atom is 0.253 e. The van der Waals surface area contributed by atoms with E-state index in [-0.39, 0.29) is 12.1 Å². The Morgan fingerprint density at radius 1 is 1.27 bits per heavy atom. The van der Waals surface area contributed by atoms with Gasteiger partial charge in [-0.2, -0.15) is 0 Å². The molecule has 0 fully saturated rings. The van der Waals surface area contributed by atoms with Gasteiger partial charge in [0.2, 0.25) is 15.9 Å². The quantitative estimate of drug-likeness (QED) is 0.541. The van der Waals surface area contributed by atoms with Crippen molar-refractivity contribution in [1.82, 2.24) is 14.3 Å². The summed E-state index contributed by atoms with van der Waals surface area (Å²) in [7, 11) is -1.45. The Kier molecular flexibility index (Phi) is 6.49. The van der Waals surface area contributed by atoms with E-state index in [2.05, 4.69) is 26.6 Å². The SMILES string of the molecule is CN1CCOCc2ccc(-c3csc(NC(=O)CNC(=O)c4ccn(S(C)(=O)=O)c4)n3)cc21. The summed E-state index contributed by atoms with van der Waals surface area (Å²) in [5, 5.41) is 7.41. The van der Waals surface area contributed by atoms with E-state index in [0.29, 0.717) is 18.3 Å². The largest absolute Gasteiger partial charge is 0.375 e. The lowest BCUT2D eigenvalue weighted by Crippen LogP contribution is -2.32. The second kappa shape index (κ2) is 9.33. The molecule has 0 aliphatic carbocycles. The Morgan fingerprint density at radius 2 is 2.09 bits per heavy atom. The third-order valence-corrected chi connectivity index (χ3v) is 6.84. The number of carbonyl (C=O) groups excluding carboxylic acids is 2. The zero-order valence-corrected chi connectivity index (χ0v) is 19.7. The number of aromatic nitrogens is 2. The first kappa shape index (κ1) is 23.0. The third kappa shape index (κ3) is 5.41. The smallest absolute Gasteiger partial charge is 0.253 e. The van der Waals surface area contributed by atoms with Gasteiger partial charge in [0.1, 0.15) is 0 Å². The number of benzene rings is 1. The molecule has 174 valence electrons. The number of nitrogens with one attached hydrogen (secondary N) is 2. The molecule has 0 unspecified atom stereocenters. The minimum atomic E-state index is -3.48. The molecule has 1 aliphatic heterocycles. The van der Waals surface area contributed by atoms with Crippen molar-refractivity contribution in [3.8, 4) is 11.3 Å². The summed E-state index contributed by atoms with van der Waals surface area (Å²) >= 11 is 1.29. The number of thiazole rings is 1. The first-order valence-corrected chi connectivity index (χ1v) is 12.8. The molecule has 0 bridgehead atoms. The summed E-state index contributed by atoms with van der Waals surface area (Å²) < 4.78 is 29.5. The van der Waals surface area contributed by atoms with E-state index in [1.165, 1.54) is 29.8 Å². The number of ether oxygens (including phenoxy) is 1. The van der Waals surface area contributed by atoms with Gasteiger partial charge in [0, 0.05) is 48.2 Å². The van der Waals surface area contributed by atoms with Gasteiger partial charge < -0.3 is 20.3 Å². The molecule has 0 saturated heterocycles. The first-order chi connectivity index (χ1) is 15.7. The van der Waals surface area contributed by atoms with Gasteiger partial charge in [-0.05, 0) is 12.1 Å². The van der Waals surface area contributed by atoms with E-state index in [1.807, 2.05) is 24.6 Å². The lowest BCUT2D eigenvalue weighted by molar-refractivity contribution is -0.115. The number of fused-ring (bicyclic) bond motifs is 1. The van der Waals surface area contributed by atoms with E-state index in [1.54, 1.807) is 0 Å². The number of likely N-dealkylation sites (N-methyl/N-ethyl adjacent to an activating group) is 1. The molecule has 10 nitrogen and oxygen atoms in total. The van der Waals surface area contributed by atoms with Crippen LogP contribution in [0.4, 0.5) is 10.8 Å². The van der Waals surface area contributed by atoms with Gasteiger partial charge in [-0.1, -0.05) is 12.1 Å². The van der Waals surface area contributed by atoms with Crippen molar-refractivity contribution in [2.45, 2.75) is 6.61 Å². The van der Waals surface area contributed by atoms with Crippen molar-refractivity contribution < 1.29 is 22.7 Å². The topological polar surface area (TPSA) is 123 Å². The van der Waals surface area contributed by atoms with Crippen LogP contribution >= 0.6 is 11.3 Å². The van der Waals surface area contributed by atoms with E-state index in [0.717, 1.165) is 39.3 Å². The van der Waals surface area contributed by atoms with Crippen molar-refractivity contribution in [3.63, 3.8) is 0 Å². The van der Waals surface area contributed by atoms with Crippen LogP contribution in [0.15, 0.2) is 42.0 Å². The van der Waals surface area contributed by atoms with Gasteiger partial charge in [-0.3, -0.25) is 13.6 Å². The number of hydrogen-bond acceptors (Lipinski definition) is 8. The summed E-state index contributed by atoms with van der Waals surface area (Å²) in [5.41, 5.74) is 4.02. The fraction of sp³-hybridized carbons (Fsp3) is 0.286. The van der Waals surface area contributed by atoms with Crippen LogP contribution in [0.25, 0.3) is 11.3 Å². The third-order valence-electron chi connectivity index (χ3n) is 5.09. The minimum absolute atomic E-state index is 0.142. The van der Waals surface area contributed by atoms with Gasteiger partial charge in [0.25, 0.3) is 5.91 Å². The van der Waals surface area contributed by atoms with Crippen LogP contribution in [0.1, 0.15) is 15.9 Å². The Bertz CT molecular complexity index is 1300. The highest BCUT2D eigenvalue weighted by atomic mass is 32.2. The van der Waals surface area contributed by atoms with Crippen LogP contribution in [-0.4, -0.2) is 62.2 Å². The summed E-state index contributed by atoms with van der Waals surface area (Å²) in [5.74, 6) is -0.990. The summed E-state index contributed by atoms with van der Waals surface area (Å²) in [6, 6.07) is 7.43. The van der Waals surface area contributed by atoms with E-state index >= 15 is 0 Å². The Hall–Kier alpha value is -3.22. The number of rotatable bonds is 6. The summed E-state index contributed by atoms with van der Waals surface area (Å²) in [6.07, 6.45) is 3.50. The zero-order chi connectivity index (χ0) is 23.6. The van der Waals surface area contributed by atoms with E-state index in [4.69, 9.17) is 4.74 Å². The molecule has 12 heteroatoms. The summed E-state index contributed by atoms with van der Waals surface area (Å²) in [6.45, 7) is 1.78. The molecule has 0 atom stereocenters. The van der Waals surface area contributed by atoms with E-state index in [9.17, 15) is 18.0 Å². The molecule has 2 amide bonds. The number of nitrogens with zero attached hydrogens (tertiary/aromatic N) is 3. The van der Waals surface area contributed by atoms with Crippen LogP contribution in [0.5, 0.6) is 0 Å². The van der Waals surface area contributed by atoms with Crippen LogP contribution in [0.3, 0.4) is 0 Å². The average molecular weight is 490 g/mol. The molecule has 0 spiro atoms. The molecular formula is C21H23N5O5S2. The second-order valence-electron chi connectivity index (χ2n) is 7.58. The van der Waals surface area contributed by atoms with Crippen LogP contribution in [-0.2, 0) is 26.2 Å². The van der Waals surface area contributed by atoms with Crippen molar-refractivity contribution in [3.05, 3.63) is 53.2 Å². The predicted molar refractivity (Wildman–Crippen MR) is 126 cm³/mol. The Morgan fingerprint density at radius 3 is 2.85 bits per heavy atom. The summed E-state index contributed by atoms with van der Waals surface area (Å²) in [4.78, 5) is 31.1. The molecular weight excluding hydrogens is 466 g/mol. The van der Waals surface area contributed by atoms with Gasteiger partial charge in [-0.15, -0.1) is 11.3 Å². The molecule has 1 aliphatic rings. The highest BCUT2D eigenvalue weighted by Crippen LogP contribution is 2.31. The zero-order valence-electron chi connectivity index (χ0n) is 18.1. The molecule has 2 N–H and O–H groups in total. The fourth-order valence-corrected chi connectivity index (χ4v) is 4.63. The highest BCUT2D eigenvalue weighted by Gasteiger charge is 2.16. The van der Waals surface area contributed by atoms with Gasteiger partial charge in [0.15, 0.2) is 5.13 Å². The molecule has 0 saturated carbocycles. The Balaban J connectivity index is 1.36. The molecule has 4 rings (SSSR count). The normalized spacial score (nSPS) is 13.8. The predicted octanol–water partition coefficient (Wildman–Crippen LogP) is 1.75. The van der Waals surface area contributed by atoms with Crippen LogP contribution < -0.4 is 15.5 Å². The monoisotopic (exact) mass is 489 g/mol. The fourth-order valence-electron chi connectivity index (χ4n) is 3.31. The lowest BCUT2D eigenvalue weighted by atomic mass is 10.1. The molecule has 3 aromatic rings. The maximum atomic E-state index is 12.3. The number of hydrogen-bond donors (Lipinski definition) is 2. The molecule has 1 aromatic carbocycles. The van der Waals surface area contributed by atoms with Crippen molar-refractivity contribution >= 4 is 44.0 Å². The van der Waals surface area contributed by atoms with Crippen molar-refractivity contribution in [2.75, 3.05) is 43.2 Å². The highest BCUT2D eigenvalue weighted by molar-refractivity contribution is 7.89. The molecule has 33 heavy (non-hydrogen) atoms. The number of anilines is 2. The Labute approximate surface area is 195 Å². The van der Waals surface area contributed by atoms with E-state index < -0.39 is 21.8 Å². The van der Waals surface area contributed by atoms with Crippen LogP contribution in [0, 0.1) is 0 Å². The first-order valence-electron chi connectivity index (χ1n) is 10.0. The standard InChI is InChI=1S/C21H23N5O5S2/c1-25-7-8-31-12-16-4-3-14(9-18(16)25)17-13-32-21(23-17)24-19(27)10-22-20(28)15-5-6-26(11-15)33(2,29)30/h3-6,9,11,13H,7-8,10,12H2,1-2H3,(H,22,28)(H,23,24,27). The van der Waals surface area contributed by atoms with Crippen molar-refractivity contribution in [1.29, 1.82) is 0 Å². The lowest BCUT2D eigenvalue weighted by Gasteiger charge is -2.19.